The maximum atomic E-state index is 13.0. The number of alkyl halides is 3. The van der Waals surface area contributed by atoms with Crippen LogP contribution < -0.4 is 10.6 Å². The average Bonchev–Trinajstić information content (AvgIpc) is 2.78. The van der Waals surface area contributed by atoms with E-state index >= 15 is 0 Å². The normalized spacial score (nSPS) is 18.6. The topological polar surface area (TPSA) is 61.4 Å². The van der Waals surface area contributed by atoms with Crippen molar-refractivity contribution in [1.29, 1.82) is 0 Å². The van der Waals surface area contributed by atoms with Crippen molar-refractivity contribution in [2.75, 3.05) is 18.4 Å². The zero-order chi connectivity index (χ0) is 24.0. The molecule has 1 saturated heterocycles. The van der Waals surface area contributed by atoms with Crippen LogP contribution in [0.2, 0.25) is 0 Å². The van der Waals surface area contributed by atoms with Gasteiger partial charge in [-0.2, -0.15) is 13.2 Å². The number of hydrogen-bond donors (Lipinski definition) is 2. The molecular weight excluding hydrogens is 438 g/mol. The van der Waals surface area contributed by atoms with Crippen molar-refractivity contribution in [1.82, 2.24) is 10.2 Å². The van der Waals surface area contributed by atoms with Crippen LogP contribution in [0.15, 0.2) is 48.5 Å². The van der Waals surface area contributed by atoms with Gasteiger partial charge in [0.1, 0.15) is 5.82 Å². The summed E-state index contributed by atoms with van der Waals surface area (Å²) in [5.41, 5.74) is 0.0696. The fourth-order valence-electron chi connectivity index (χ4n) is 4.09. The molecule has 3 amide bonds. The minimum Gasteiger partial charge on any atom is -0.352 e. The van der Waals surface area contributed by atoms with E-state index in [2.05, 4.69) is 10.6 Å². The third kappa shape index (κ3) is 6.94. The summed E-state index contributed by atoms with van der Waals surface area (Å²) in [7, 11) is 0. The van der Waals surface area contributed by atoms with E-state index in [1.165, 1.54) is 24.3 Å². The minimum atomic E-state index is -4.48. The lowest BCUT2D eigenvalue weighted by molar-refractivity contribution is -0.137. The van der Waals surface area contributed by atoms with Gasteiger partial charge in [0.25, 0.3) is 0 Å². The predicted molar refractivity (Wildman–Crippen MR) is 117 cm³/mol. The van der Waals surface area contributed by atoms with Crippen LogP contribution in [0.25, 0.3) is 0 Å². The second kappa shape index (κ2) is 10.7. The van der Waals surface area contributed by atoms with E-state index < -0.39 is 17.8 Å². The van der Waals surface area contributed by atoms with Crippen LogP contribution in [0.1, 0.15) is 37.3 Å². The van der Waals surface area contributed by atoms with Crippen LogP contribution in [0, 0.1) is 17.7 Å². The molecule has 0 bridgehead atoms. The van der Waals surface area contributed by atoms with Crippen molar-refractivity contribution in [3.05, 3.63) is 65.5 Å². The number of urea groups is 1. The highest BCUT2D eigenvalue weighted by Gasteiger charge is 2.33. The number of piperidine rings is 1. The van der Waals surface area contributed by atoms with E-state index in [0.717, 1.165) is 24.1 Å². The molecule has 0 spiro atoms. The number of benzene rings is 2. The molecule has 178 valence electrons. The number of anilines is 1. The molecule has 9 heteroatoms. The van der Waals surface area contributed by atoms with Crippen molar-refractivity contribution < 1.29 is 27.2 Å². The Bertz CT molecular complexity index is 963. The van der Waals surface area contributed by atoms with Gasteiger partial charge in [0.15, 0.2) is 0 Å². The van der Waals surface area contributed by atoms with Crippen LogP contribution in [-0.4, -0.2) is 29.9 Å². The molecule has 5 nitrogen and oxygen atoms in total. The number of halogens is 4. The third-order valence-electron chi connectivity index (χ3n) is 5.99. The summed E-state index contributed by atoms with van der Waals surface area (Å²) in [4.78, 5) is 26.6. The van der Waals surface area contributed by atoms with Gasteiger partial charge >= 0.3 is 12.2 Å². The summed E-state index contributed by atoms with van der Waals surface area (Å²) in [6, 6.07) is 10.0. The number of rotatable bonds is 6. The standard InChI is InChI=1S/C24H27F4N3O2/c1-2-17-15-31(23(33)30-21-5-3-4-19(13-21)24(26,27)28)11-10-18(17)12-22(32)29-14-16-6-8-20(25)9-7-16/h3-9,13,17-18H,2,10-12,14-15H2,1H3,(H,29,32)(H,30,33). The van der Waals surface area contributed by atoms with Gasteiger partial charge in [-0.05, 0) is 54.2 Å². The molecular formula is C24H27F4N3O2. The first-order chi connectivity index (χ1) is 15.7. The van der Waals surface area contributed by atoms with Gasteiger partial charge in [-0.3, -0.25) is 4.79 Å². The van der Waals surface area contributed by atoms with Gasteiger partial charge in [0.2, 0.25) is 5.91 Å². The summed E-state index contributed by atoms with van der Waals surface area (Å²) in [5, 5.41) is 5.40. The molecule has 2 N–H and O–H groups in total. The molecule has 2 aromatic carbocycles. The first-order valence-electron chi connectivity index (χ1n) is 10.9. The summed E-state index contributed by atoms with van der Waals surface area (Å²) in [5.74, 6) is -0.243. The molecule has 1 aliphatic heterocycles. The molecule has 0 aliphatic carbocycles. The van der Waals surface area contributed by atoms with Crippen LogP contribution >= 0.6 is 0 Å². The van der Waals surface area contributed by atoms with Crippen molar-refractivity contribution in [2.24, 2.45) is 11.8 Å². The van der Waals surface area contributed by atoms with Crippen molar-refractivity contribution in [3.8, 4) is 0 Å². The zero-order valence-electron chi connectivity index (χ0n) is 18.3. The Morgan fingerprint density at radius 1 is 1.09 bits per heavy atom. The Hall–Kier alpha value is -3.10. The highest BCUT2D eigenvalue weighted by Crippen LogP contribution is 2.32. The van der Waals surface area contributed by atoms with Crippen LogP contribution in [0.4, 0.5) is 28.0 Å². The van der Waals surface area contributed by atoms with Crippen LogP contribution in [-0.2, 0) is 17.5 Å². The molecule has 0 radical (unpaired) electrons. The first kappa shape index (κ1) is 24.5. The molecule has 3 rings (SSSR count). The van der Waals surface area contributed by atoms with Gasteiger partial charge in [0, 0.05) is 31.7 Å². The molecule has 1 heterocycles. The number of likely N-dealkylation sites (tertiary alicyclic amines) is 1. The zero-order valence-corrected chi connectivity index (χ0v) is 18.3. The van der Waals surface area contributed by atoms with Gasteiger partial charge in [-0.1, -0.05) is 31.5 Å². The average molecular weight is 465 g/mol. The molecule has 1 fully saturated rings. The maximum Gasteiger partial charge on any atom is 0.416 e. The molecule has 0 aromatic heterocycles. The number of amides is 3. The van der Waals surface area contributed by atoms with Crippen molar-refractivity contribution in [2.45, 2.75) is 38.9 Å². The minimum absolute atomic E-state index is 0.0881. The summed E-state index contributed by atoms with van der Waals surface area (Å²) in [6.45, 7) is 3.14. The van der Waals surface area contributed by atoms with E-state index in [0.29, 0.717) is 32.5 Å². The van der Waals surface area contributed by atoms with Gasteiger partial charge < -0.3 is 15.5 Å². The van der Waals surface area contributed by atoms with Gasteiger partial charge in [-0.25, -0.2) is 9.18 Å². The lowest BCUT2D eigenvalue weighted by Crippen LogP contribution is -2.46. The largest absolute Gasteiger partial charge is 0.416 e. The quantitative estimate of drug-likeness (QED) is 0.559. The number of nitrogens with zero attached hydrogens (tertiary/aromatic N) is 1. The highest BCUT2D eigenvalue weighted by molar-refractivity contribution is 5.89. The second-order valence-electron chi connectivity index (χ2n) is 8.28. The van der Waals surface area contributed by atoms with E-state index in [1.807, 2.05) is 6.92 Å². The molecule has 2 atom stereocenters. The van der Waals surface area contributed by atoms with Gasteiger partial charge in [0.05, 0.1) is 5.56 Å². The lowest BCUT2D eigenvalue weighted by atomic mass is 9.81. The van der Waals surface area contributed by atoms with Crippen LogP contribution in [0.5, 0.6) is 0 Å². The fourth-order valence-corrected chi connectivity index (χ4v) is 4.09. The summed E-state index contributed by atoms with van der Waals surface area (Å²) in [6.07, 6.45) is -2.77. The Morgan fingerprint density at radius 3 is 2.48 bits per heavy atom. The number of nitrogens with one attached hydrogen (secondary N) is 2. The maximum absolute atomic E-state index is 13.0. The number of hydrogen-bond acceptors (Lipinski definition) is 2. The van der Waals surface area contributed by atoms with E-state index in [9.17, 15) is 27.2 Å². The Balaban J connectivity index is 1.51. The Morgan fingerprint density at radius 2 is 1.82 bits per heavy atom. The number of carbonyl (C=O) groups is 2. The van der Waals surface area contributed by atoms with Crippen LogP contribution in [0.3, 0.4) is 0 Å². The molecule has 33 heavy (non-hydrogen) atoms. The van der Waals surface area contributed by atoms with Crippen molar-refractivity contribution >= 4 is 17.6 Å². The third-order valence-corrected chi connectivity index (χ3v) is 5.99. The lowest BCUT2D eigenvalue weighted by Gasteiger charge is -2.38. The van der Waals surface area contributed by atoms with E-state index in [4.69, 9.17) is 0 Å². The van der Waals surface area contributed by atoms with E-state index in [1.54, 1.807) is 17.0 Å². The summed E-state index contributed by atoms with van der Waals surface area (Å²) < 4.78 is 51.7. The molecule has 1 aliphatic rings. The van der Waals surface area contributed by atoms with E-state index in [-0.39, 0.29) is 29.2 Å². The molecule has 2 aromatic rings. The smallest absolute Gasteiger partial charge is 0.352 e. The fraction of sp³-hybridized carbons (Fsp3) is 0.417. The monoisotopic (exact) mass is 465 g/mol. The molecule has 0 saturated carbocycles. The Labute approximate surface area is 190 Å². The number of carbonyl (C=O) groups excluding carboxylic acids is 2. The highest BCUT2D eigenvalue weighted by atomic mass is 19.4. The SMILES string of the molecule is CCC1CN(C(=O)Nc2cccc(C(F)(F)F)c2)CCC1CC(=O)NCc1ccc(F)cc1. The molecule has 2 unspecified atom stereocenters. The first-order valence-corrected chi connectivity index (χ1v) is 10.9. The van der Waals surface area contributed by atoms with Gasteiger partial charge in [-0.15, -0.1) is 0 Å². The van der Waals surface area contributed by atoms with Crippen molar-refractivity contribution in [3.63, 3.8) is 0 Å². The second-order valence-corrected chi connectivity index (χ2v) is 8.28. The predicted octanol–water partition coefficient (Wildman–Crippen LogP) is 5.43. The Kier molecular flexibility index (Phi) is 7.94. The summed E-state index contributed by atoms with van der Waals surface area (Å²) >= 11 is 0.